The lowest BCUT2D eigenvalue weighted by Gasteiger charge is -2.35. The minimum atomic E-state index is 0.283. The van der Waals surface area contributed by atoms with Crippen molar-refractivity contribution >= 4 is 17.1 Å². The van der Waals surface area contributed by atoms with Crippen LogP contribution >= 0.6 is 11.3 Å². The van der Waals surface area contributed by atoms with Crippen molar-refractivity contribution in [3.05, 3.63) is 28.9 Å². The standard InChI is InChI=1S/C12H17NOS/c1-13(7-3-2-4-8-13)10-11(14)12-6-5-9-15-12/h5-7,9H,2-4,8,10H2,1H3/q+1. The smallest absolute Gasteiger partial charge is 0.226 e. The molecule has 0 N–H and O–H groups in total. The third kappa shape index (κ3) is 2.67. The van der Waals surface area contributed by atoms with Gasteiger partial charge in [-0.3, -0.25) is 4.79 Å². The Labute approximate surface area is 95.1 Å². The van der Waals surface area contributed by atoms with E-state index in [0.717, 1.165) is 22.3 Å². The molecule has 0 bridgehead atoms. The van der Waals surface area contributed by atoms with Gasteiger partial charge in [0.05, 0.1) is 18.5 Å². The molecule has 0 saturated carbocycles. The highest BCUT2D eigenvalue weighted by Crippen LogP contribution is 2.21. The number of hydrogen-bond acceptors (Lipinski definition) is 2. The van der Waals surface area contributed by atoms with Gasteiger partial charge in [-0.1, -0.05) is 6.07 Å². The highest BCUT2D eigenvalue weighted by molar-refractivity contribution is 7.12. The number of quaternary nitrogens is 1. The number of thiophene rings is 1. The van der Waals surface area contributed by atoms with Gasteiger partial charge in [0.15, 0.2) is 0 Å². The van der Waals surface area contributed by atoms with Crippen LogP contribution in [0.1, 0.15) is 28.9 Å². The molecular formula is C12H17NOS+. The Hall–Kier alpha value is -0.670. The summed E-state index contributed by atoms with van der Waals surface area (Å²) in [6, 6.07) is 3.86. The van der Waals surface area contributed by atoms with E-state index in [4.69, 9.17) is 0 Å². The van der Waals surface area contributed by atoms with Gasteiger partial charge < -0.3 is 4.48 Å². The van der Waals surface area contributed by atoms with Crippen molar-refractivity contribution in [1.82, 2.24) is 0 Å². The zero-order valence-electron chi connectivity index (χ0n) is 9.11. The predicted octanol–water partition coefficient (Wildman–Crippen LogP) is 2.72. The normalized spacial score (nSPS) is 20.1. The molecule has 81 valence electrons. The summed E-state index contributed by atoms with van der Waals surface area (Å²) in [6.07, 6.45) is 3.67. The summed E-state index contributed by atoms with van der Waals surface area (Å²) < 4.78 is 0.816. The Morgan fingerprint density at radius 3 is 3.00 bits per heavy atom. The van der Waals surface area contributed by atoms with E-state index in [9.17, 15) is 4.79 Å². The molecule has 3 heteroatoms. The van der Waals surface area contributed by atoms with E-state index in [1.165, 1.54) is 12.8 Å². The van der Waals surface area contributed by atoms with Gasteiger partial charge in [-0.25, -0.2) is 0 Å². The third-order valence-corrected chi connectivity index (χ3v) is 3.90. The fourth-order valence-electron chi connectivity index (χ4n) is 2.10. The van der Waals surface area contributed by atoms with Crippen LogP contribution in [-0.4, -0.2) is 30.4 Å². The highest BCUT2D eigenvalue weighted by Gasteiger charge is 2.29. The number of Topliss-reactive ketones (excluding diaryl/α,β-unsaturated/α-hetero) is 1. The second-order valence-electron chi connectivity index (χ2n) is 4.44. The maximum absolute atomic E-state index is 12.0. The Morgan fingerprint density at radius 2 is 2.40 bits per heavy atom. The first kappa shape index (κ1) is 10.8. The lowest BCUT2D eigenvalue weighted by atomic mass is 10.1. The number of carbonyl (C=O) groups excluding carboxylic acids is 1. The summed E-state index contributed by atoms with van der Waals surface area (Å²) in [4.78, 5) is 12.9. The number of likely N-dealkylation sites (N-methyl/N-ethyl adjacent to an activating group) is 1. The average molecular weight is 223 g/mol. The number of carbonyl (C=O) groups is 1. The Kier molecular flexibility index (Phi) is 3.22. The van der Waals surface area contributed by atoms with Crippen LogP contribution in [0, 0.1) is 6.54 Å². The van der Waals surface area contributed by atoms with E-state index < -0.39 is 0 Å². The molecule has 1 aliphatic rings. The van der Waals surface area contributed by atoms with E-state index >= 15 is 0 Å². The topological polar surface area (TPSA) is 17.1 Å². The van der Waals surface area contributed by atoms with Crippen molar-refractivity contribution in [2.75, 3.05) is 20.1 Å². The summed E-state index contributed by atoms with van der Waals surface area (Å²) in [5.74, 6) is 0.283. The summed E-state index contributed by atoms with van der Waals surface area (Å²) in [5, 5.41) is 1.97. The molecule has 2 nitrogen and oxygen atoms in total. The van der Waals surface area contributed by atoms with Crippen molar-refractivity contribution in [1.29, 1.82) is 0 Å². The lowest BCUT2D eigenvalue weighted by molar-refractivity contribution is -0.877. The molecule has 1 fully saturated rings. The molecule has 1 aromatic heterocycles. The van der Waals surface area contributed by atoms with Crippen molar-refractivity contribution in [3.8, 4) is 0 Å². The van der Waals surface area contributed by atoms with Gasteiger partial charge in [-0.05, 0) is 24.3 Å². The maximum Gasteiger partial charge on any atom is 0.226 e. The monoisotopic (exact) mass is 223 g/mol. The minimum Gasteiger partial charge on any atom is -0.312 e. The van der Waals surface area contributed by atoms with Crippen LogP contribution in [0.4, 0.5) is 0 Å². The summed E-state index contributed by atoms with van der Waals surface area (Å²) >= 11 is 1.54. The number of nitrogens with zero attached hydrogens (tertiary/aromatic N) is 1. The molecule has 0 aliphatic carbocycles. The van der Waals surface area contributed by atoms with Gasteiger partial charge in [0.25, 0.3) is 0 Å². The van der Waals surface area contributed by atoms with E-state index in [-0.39, 0.29) is 5.78 Å². The Morgan fingerprint density at radius 1 is 1.53 bits per heavy atom. The van der Waals surface area contributed by atoms with Gasteiger partial charge in [0.1, 0.15) is 13.1 Å². The zero-order chi connectivity index (χ0) is 10.7. The fourth-order valence-corrected chi connectivity index (χ4v) is 2.76. The highest BCUT2D eigenvalue weighted by atomic mass is 32.1. The second-order valence-corrected chi connectivity index (χ2v) is 5.39. The molecule has 2 rings (SSSR count). The quantitative estimate of drug-likeness (QED) is 0.569. The molecule has 1 aromatic rings. The largest absolute Gasteiger partial charge is 0.312 e. The molecule has 1 unspecified atom stereocenters. The van der Waals surface area contributed by atoms with Crippen LogP contribution in [0.2, 0.25) is 0 Å². The first-order valence-electron chi connectivity index (χ1n) is 5.45. The third-order valence-electron chi connectivity index (χ3n) is 2.99. The van der Waals surface area contributed by atoms with Crippen molar-refractivity contribution in [3.63, 3.8) is 0 Å². The van der Waals surface area contributed by atoms with Crippen LogP contribution in [0.5, 0.6) is 0 Å². The number of rotatable bonds is 3. The Bertz CT molecular complexity index is 325. The molecule has 15 heavy (non-hydrogen) atoms. The minimum absolute atomic E-state index is 0.283. The van der Waals surface area contributed by atoms with Gasteiger partial charge in [0.2, 0.25) is 5.78 Å². The van der Waals surface area contributed by atoms with E-state index in [2.05, 4.69) is 13.6 Å². The molecule has 1 radical (unpaired) electrons. The van der Waals surface area contributed by atoms with Crippen LogP contribution in [0.25, 0.3) is 0 Å². The summed E-state index contributed by atoms with van der Waals surface area (Å²) in [7, 11) is 2.16. The van der Waals surface area contributed by atoms with Gasteiger partial charge in [-0.2, -0.15) is 0 Å². The van der Waals surface area contributed by atoms with Crippen molar-refractivity contribution in [2.45, 2.75) is 19.3 Å². The number of likely N-dealkylation sites (tertiary alicyclic amines) is 1. The number of piperidine rings is 1. The van der Waals surface area contributed by atoms with Crippen LogP contribution in [0.3, 0.4) is 0 Å². The first-order chi connectivity index (χ1) is 7.20. The molecular weight excluding hydrogens is 206 g/mol. The number of hydrogen-bond donors (Lipinski definition) is 0. The van der Waals surface area contributed by atoms with Gasteiger partial charge in [0, 0.05) is 6.42 Å². The average Bonchev–Trinajstić information content (AvgIpc) is 2.70. The Balaban J connectivity index is 1.98. The van der Waals surface area contributed by atoms with E-state index in [0.29, 0.717) is 6.54 Å². The predicted molar refractivity (Wildman–Crippen MR) is 62.7 cm³/mol. The summed E-state index contributed by atoms with van der Waals surface area (Å²) in [6.45, 7) is 4.02. The van der Waals surface area contributed by atoms with E-state index in [1.54, 1.807) is 11.3 Å². The van der Waals surface area contributed by atoms with Crippen LogP contribution in [-0.2, 0) is 0 Å². The van der Waals surface area contributed by atoms with Gasteiger partial charge in [-0.15, -0.1) is 11.3 Å². The molecule has 2 heterocycles. The zero-order valence-corrected chi connectivity index (χ0v) is 9.93. The van der Waals surface area contributed by atoms with E-state index in [1.807, 2.05) is 17.5 Å². The molecule has 0 amide bonds. The first-order valence-corrected chi connectivity index (χ1v) is 6.33. The molecule has 1 atom stereocenters. The lowest BCUT2D eigenvalue weighted by Crippen LogP contribution is -2.47. The maximum atomic E-state index is 12.0. The second kappa shape index (κ2) is 4.45. The van der Waals surface area contributed by atoms with Gasteiger partial charge >= 0.3 is 0 Å². The SMILES string of the molecule is C[N+]1(CC(=O)c2cccs2)[CH]CCCC1. The van der Waals surface area contributed by atoms with Crippen LogP contribution < -0.4 is 0 Å². The fraction of sp³-hybridized carbons (Fsp3) is 0.500. The van der Waals surface area contributed by atoms with Crippen molar-refractivity contribution in [2.24, 2.45) is 0 Å². The molecule has 0 aromatic carbocycles. The molecule has 1 saturated heterocycles. The summed E-state index contributed by atoms with van der Waals surface area (Å²) in [5.41, 5.74) is 0. The number of ketones is 1. The molecule has 1 aliphatic heterocycles. The van der Waals surface area contributed by atoms with Crippen molar-refractivity contribution < 1.29 is 9.28 Å². The molecule has 0 spiro atoms. The van der Waals surface area contributed by atoms with Crippen LogP contribution in [0.15, 0.2) is 17.5 Å².